The Hall–Kier alpha value is -1.33. The summed E-state index contributed by atoms with van der Waals surface area (Å²) >= 11 is 5.70. The van der Waals surface area contributed by atoms with Crippen molar-refractivity contribution < 1.29 is 15.0 Å². The molecule has 94 valence electrons. The maximum Gasteiger partial charge on any atom is 0.339 e. The molecular formula is C11H15ClN2O3. The predicted octanol–water partition coefficient (Wildman–Crippen LogP) is 2.01. The molecule has 0 aliphatic heterocycles. The highest BCUT2D eigenvalue weighted by molar-refractivity contribution is 6.29. The highest BCUT2D eigenvalue weighted by Gasteiger charge is 2.19. The molecule has 1 rings (SSSR count). The molecule has 1 aromatic heterocycles. The van der Waals surface area contributed by atoms with Gasteiger partial charge in [0.05, 0.1) is 5.60 Å². The zero-order chi connectivity index (χ0) is 13.1. The molecule has 0 amide bonds. The molecule has 3 N–H and O–H groups in total. The summed E-state index contributed by atoms with van der Waals surface area (Å²) in [7, 11) is 0. The van der Waals surface area contributed by atoms with Gasteiger partial charge in [0.25, 0.3) is 0 Å². The van der Waals surface area contributed by atoms with Crippen LogP contribution in [0.25, 0.3) is 0 Å². The molecule has 17 heavy (non-hydrogen) atoms. The molecular weight excluding hydrogens is 244 g/mol. The number of pyridine rings is 1. The average molecular weight is 259 g/mol. The molecule has 1 atom stereocenters. The first-order valence-electron chi connectivity index (χ1n) is 5.22. The van der Waals surface area contributed by atoms with Crippen molar-refractivity contribution in [1.82, 2.24) is 4.98 Å². The summed E-state index contributed by atoms with van der Waals surface area (Å²) in [6, 6.07) is 2.79. The van der Waals surface area contributed by atoms with Crippen molar-refractivity contribution in [3.63, 3.8) is 0 Å². The Kier molecular flexibility index (Phi) is 4.31. The summed E-state index contributed by atoms with van der Waals surface area (Å²) in [6.45, 7) is 3.70. The number of aromatic nitrogens is 1. The van der Waals surface area contributed by atoms with E-state index in [2.05, 4.69) is 10.3 Å². The van der Waals surface area contributed by atoms with Crippen molar-refractivity contribution >= 4 is 23.4 Å². The van der Waals surface area contributed by atoms with E-state index in [-0.39, 0.29) is 23.1 Å². The van der Waals surface area contributed by atoms with Gasteiger partial charge in [0.2, 0.25) is 0 Å². The fourth-order valence-corrected chi connectivity index (χ4v) is 1.29. The van der Waals surface area contributed by atoms with E-state index in [1.54, 1.807) is 6.92 Å². The summed E-state index contributed by atoms with van der Waals surface area (Å²) in [6.07, 6.45) is 0.545. The highest BCUT2D eigenvalue weighted by Crippen LogP contribution is 2.18. The number of anilines is 1. The van der Waals surface area contributed by atoms with Crippen molar-refractivity contribution in [2.45, 2.75) is 25.9 Å². The second-order valence-electron chi connectivity index (χ2n) is 4.04. The average Bonchev–Trinajstić information content (AvgIpc) is 2.26. The molecule has 6 heteroatoms. The van der Waals surface area contributed by atoms with Gasteiger partial charge in [-0.25, -0.2) is 9.78 Å². The van der Waals surface area contributed by atoms with Gasteiger partial charge in [0.1, 0.15) is 16.5 Å². The van der Waals surface area contributed by atoms with Crippen molar-refractivity contribution in [3.05, 3.63) is 22.8 Å². The number of carbonyl (C=O) groups is 1. The second-order valence-corrected chi connectivity index (χ2v) is 4.43. The summed E-state index contributed by atoms with van der Waals surface area (Å²) in [5.74, 6) is -0.925. The fraction of sp³-hybridized carbons (Fsp3) is 0.455. The van der Waals surface area contributed by atoms with E-state index in [1.165, 1.54) is 12.1 Å². The van der Waals surface area contributed by atoms with E-state index in [1.807, 2.05) is 6.92 Å². The third kappa shape index (κ3) is 3.87. The van der Waals surface area contributed by atoms with Crippen LogP contribution in [0.3, 0.4) is 0 Å². The minimum absolute atomic E-state index is 0.0290. The van der Waals surface area contributed by atoms with Gasteiger partial charge in [-0.1, -0.05) is 18.5 Å². The lowest BCUT2D eigenvalue weighted by Gasteiger charge is -2.22. The van der Waals surface area contributed by atoms with Gasteiger partial charge in [-0.3, -0.25) is 0 Å². The van der Waals surface area contributed by atoms with Crippen molar-refractivity contribution in [2.24, 2.45) is 0 Å². The third-order valence-corrected chi connectivity index (χ3v) is 2.70. The Bertz CT molecular complexity index is 421. The quantitative estimate of drug-likeness (QED) is 0.704. The Morgan fingerprint density at radius 2 is 2.24 bits per heavy atom. The Morgan fingerprint density at radius 3 is 2.76 bits per heavy atom. The second kappa shape index (κ2) is 5.33. The van der Waals surface area contributed by atoms with Crippen molar-refractivity contribution in [3.8, 4) is 0 Å². The van der Waals surface area contributed by atoms with Crippen LogP contribution in [-0.2, 0) is 0 Å². The van der Waals surface area contributed by atoms with Crippen LogP contribution in [0.2, 0.25) is 5.15 Å². The maximum atomic E-state index is 10.9. The summed E-state index contributed by atoms with van der Waals surface area (Å²) in [5.41, 5.74) is -0.888. The number of carboxylic acids is 1. The van der Waals surface area contributed by atoms with Crippen LogP contribution in [0, 0.1) is 0 Å². The molecule has 0 aliphatic carbocycles. The molecule has 1 aromatic rings. The molecule has 0 radical (unpaired) electrons. The smallest absolute Gasteiger partial charge is 0.339 e. The van der Waals surface area contributed by atoms with E-state index in [9.17, 15) is 9.90 Å². The van der Waals surface area contributed by atoms with Gasteiger partial charge in [-0.2, -0.15) is 0 Å². The van der Waals surface area contributed by atoms with Crippen LogP contribution in [-0.4, -0.2) is 33.3 Å². The van der Waals surface area contributed by atoms with Gasteiger partial charge in [-0.05, 0) is 25.5 Å². The lowest BCUT2D eigenvalue weighted by Crippen LogP contribution is -2.33. The normalized spacial score (nSPS) is 14.1. The maximum absolute atomic E-state index is 10.9. The number of hydrogen-bond donors (Lipinski definition) is 3. The predicted molar refractivity (Wildman–Crippen MR) is 65.6 cm³/mol. The van der Waals surface area contributed by atoms with Gasteiger partial charge >= 0.3 is 5.97 Å². The lowest BCUT2D eigenvalue weighted by atomic mass is 10.0. The number of carboxylic acid groups (broad SMARTS) is 1. The van der Waals surface area contributed by atoms with E-state index in [0.29, 0.717) is 6.42 Å². The molecule has 0 spiro atoms. The van der Waals surface area contributed by atoms with E-state index in [0.717, 1.165) is 0 Å². The standard InChI is InChI=1S/C11H15ClN2O3/c1-3-11(2,17)6-13-9-7(10(15)16)4-5-8(12)14-9/h4-5,17H,3,6H2,1-2H3,(H,13,14)(H,15,16). The van der Waals surface area contributed by atoms with Crippen LogP contribution < -0.4 is 5.32 Å². The number of hydrogen-bond acceptors (Lipinski definition) is 4. The Labute approximate surface area is 104 Å². The Balaban J connectivity index is 2.89. The summed E-state index contributed by atoms with van der Waals surface area (Å²) < 4.78 is 0. The number of rotatable bonds is 5. The molecule has 1 unspecified atom stereocenters. The first-order valence-corrected chi connectivity index (χ1v) is 5.59. The van der Waals surface area contributed by atoms with Crippen molar-refractivity contribution in [1.29, 1.82) is 0 Å². The first-order chi connectivity index (χ1) is 7.85. The molecule has 0 saturated carbocycles. The fourth-order valence-electron chi connectivity index (χ4n) is 1.14. The van der Waals surface area contributed by atoms with Gasteiger partial charge in [0.15, 0.2) is 0 Å². The van der Waals surface area contributed by atoms with E-state index >= 15 is 0 Å². The molecule has 0 aliphatic rings. The summed E-state index contributed by atoms with van der Waals surface area (Å²) in [5, 5.41) is 21.8. The zero-order valence-electron chi connectivity index (χ0n) is 9.70. The molecule has 0 saturated heterocycles. The monoisotopic (exact) mass is 258 g/mol. The number of halogens is 1. The minimum atomic E-state index is -1.09. The zero-order valence-corrected chi connectivity index (χ0v) is 10.5. The molecule has 0 fully saturated rings. The van der Waals surface area contributed by atoms with Crippen LogP contribution >= 0.6 is 11.6 Å². The molecule has 5 nitrogen and oxygen atoms in total. The molecule has 0 bridgehead atoms. The van der Waals surface area contributed by atoms with Crippen LogP contribution in [0.5, 0.6) is 0 Å². The first kappa shape index (κ1) is 13.7. The summed E-state index contributed by atoms with van der Waals surface area (Å²) in [4.78, 5) is 14.8. The third-order valence-electron chi connectivity index (χ3n) is 2.49. The number of nitrogens with one attached hydrogen (secondary N) is 1. The Morgan fingerprint density at radius 1 is 1.59 bits per heavy atom. The van der Waals surface area contributed by atoms with E-state index < -0.39 is 11.6 Å². The molecule has 1 heterocycles. The largest absolute Gasteiger partial charge is 0.478 e. The van der Waals surface area contributed by atoms with E-state index in [4.69, 9.17) is 16.7 Å². The SMILES string of the molecule is CCC(C)(O)CNc1nc(Cl)ccc1C(=O)O. The van der Waals surface area contributed by atoms with Crippen LogP contribution in [0.1, 0.15) is 30.6 Å². The van der Waals surface area contributed by atoms with Crippen LogP contribution in [0.15, 0.2) is 12.1 Å². The lowest BCUT2D eigenvalue weighted by molar-refractivity contribution is 0.0676. The molecule has 0 aromatic carbocycles. The topological polar surface area (TPSA) is 82.5 Å². The number of aromatic carboxylic acids is 1. The van der Waals surface area contributed by atoms with Gasteiger partial charge in [0, 0.05) is 6.54 Å². The van der Waals surface area contributed by atoms with Crippen molar-refractivity contribution in [2.75, 3.05) is 11.9 Å². The number of aliphatic hydroxyl groups is 1. The van der Waals surface area contributed by atoms with Crippen LogP contribution in [0.4, 0.5) is 5.82 Å². The van der Waals surface area contributed by atoms with Gasteiger partial charge < -0.3 is 15.5 Å². The number of nitrogens with zero attached hydrogens (tertiary/aromatic N) is 1. The highest BCUT2D eigenvalue weighted by atomic mass is 35.5. The van der Waals surface area contributed by atoms with Gasteiger partial charge in [-0.15, -0.1) is 0 Å². The minimum Gasteiger partial charge on any atom is -0.478 e.